The molecule has 0 aliphatic carbocycles. The summed E-state index contributed by atoms with van der Waals surface area (Å²) in [5.41, 5.74) is 0. The zero-order valence-corrected chi connectivity index (χ0v) is 10.7. The Morgan fingerprint density at radius 2 is 1.32 bits per heavy atom. The van der Waals surface area contributed by atoms with Gasteiger partial charge in [0, 0.05) is 6.66 Å². The number of hydrogen-bond acceptors (Lipinski definition) is 3. The molecule has 2 atom stereocenters. The van der Waals surface area contributed by atoms with Crippen molar-refractivity contribution in [2.75, 3.05) is 20.0 Å². The SMILES string of the molecule is C=C(F)C(F)(CF)OP(C)(=O)OC(F)(CF)C(=C)F. The Morgan fingerprint density at radius 1 is 1.05 bits per heavy atom. The quantitative estimate of drug-likeness (QED) is 0.500. The predicted octanol–water partition coefficient (Wildman–Crippen LogP) is 4.08. The van der Waals surface area contributed by atoms with Crippen LogP contribution in [0.1, 0.15) is 0 Å². The first-order valence-corrected chi connectivity index (χ1v) is 6.60. The largest absolute Gasteiger partial charge is 0.334 e. The van der Waals surface area contributed by atoms with Crippen LogP contribution in [0.15, 0.2) is 24.8 Å². The van der Waals surface area contributed by atoms with Crippen LogP contribution in [0.4, 0.5) is 26.3 Å². The third kappa shape index (κ3) is 4.67. The molecule has 0 N–H and O–H groups in total. The van der Waals surface area contributed by atoms with Gasteiger partial charge in [0.15, 0.2) is 25.0 Å². The van der Waals surface area contributed by atoms with Gasteiger partial charge in [0.05, 0.1) is 0 Å². The minimum atomic E-state index is -4.91. The van der Waals surface area contributed by atoms with Gasteiger partial charge in [-0.05, 0) is 0 Å². The molecule has 0 saturated carbocycles. The molecule has 19 heavy (non-hydrogen) atoms. The van der Waals surface area contributed by atoms with Gasteiger partial charge in [-0.25, -0.2) is 26.3 Å². The average Bonchev–Trinajstić information content (AvgIpc) is 2.26. The van der Waals surface area contributed by atoms with Gasteiger partial charge in [-0.15, -0.1) is 0 Å². The van der Waals surface area contributed by atoms with E-state index in [1.807, 2.05) is 0 Å². The average molecular weight is 312 g/mol. The molecule has 10 heteroatoms. The van der Waals surface area contributed by atoms with Crippen molar-refractivity contribution in [2.45, 2.75) is 11.7 Å². The standard InChI is InChI=1S/C9H11F6O3P/c1-6(12)8(14,4-10)17-19(3,16)18-9(15,5-11)7(2)13/h1-2,4-5H2,3H3. The fourth-order valence-corrected chi connectivity index (χ4v) is 2.22. The van der Waals surface area contributed by atoms with Gasteiger partial charge < -0.3 is 0 Å². The van der Waals surface area contributed by atoms with Crippen LogP contribution in [0.25, 0.3) is 0 Å². The molecular weight excluding hydrogens is 301 g/mol. The van der Waals surface area contributed by atoms with E-state index in [2.05, 4.69) is 22.2 Å². The first kappa shape index (κ1) is 18.2. The molecule has 0 rings (SSSR count). The topological polar surface area (TPSA) is 35.5 Å². The molecule has 112 valence electrons. The van der Waals surface area contributed by atoms with Crippen LogP contribution >= 0.6 is 7.60 Å². The van der Waals surface area contributed by atoms with Crippen molar-refractivity contribution in [1.29, 1.82) is 0 Å². The second-order valence-corrected chi connectivity index (χ2v) is 5.40. The summed E-state index contributed by atoms with van der Waals surface area (Å²) in [6, 6.07) is 0. The van der Waals surface area contributed by atoms with Gasteiger partial charge >= 0.3 is 7.60 Å². The predicted molar refractivity (Wildman–Crippen MR) is 55.8 cm³/mol. The second-order valence-electron chi connectivity index (χ2n) is 3.49. The summed E-state index contributed by atoms with van der Waals surface area (Å²) in [6.07, 6.45) is 0. The minimum Gasteiger partial charge on any atom is -0.261 e. The summed E-state index contributed by atoms with van der Waals surface area (Å²) in [5.74, 6) is -11.8. The fraction of sp³-hybridized carbons (Fsp3) is 0.556. The van der Waals surface area contributed by atoms with Crippen LogP contribution in [0.2, 0.25) is 0 Å². The Kier molecular flexibility index (Phi) is 5.85. The van der Waals surface area contributed by atoms with Gasteiger partial charge in [-0.1, -0.05) is 13.2 Å². The molecule has 0 radical (unpaired) electrons. The van der Waals surface area contributed by atoms with Gasteiger partial charge in [-0.2, -0.15) is 0 Å². The van der Waals surface area contributed by atoms with Crippen LogP contribution in [-0.4, -0.2) is 31.7 Å². The summed E-state index contributed by atoms with van der Waals surface area (Å²) in [6.45, 7) is 0.835. The van der Waals surface area contributed by atoms with Gasteiger partial charge in [-0.3, -0.25) is 13.6 Å². The number of hydrogen-bond donors (Lipinski definition) is 0. The monoisotopic (exact) mass is 312 g/mol. The molecule has 0 saturated heterocycles. The highest BCUT2D eigenvalue weighted by atomic mass is 31.2. The number of rotatable bonds is 8. The molecule has 0 spiro atoms. The Labute approximate surface area is 105 Å². The smallest absolute Gasteiger partial charge is 0.261 e. The molecule has 3 nitrogen and oxygen atoms in total. The summed E-state index contributed by atoms with van der Waals surface area (Å²) in [5, 5.41) is 0. The molecule has 0 aromatic rings. The highest BCUT2D eigenvalue weighted by molar-refractivity contribution is 7.53. The summed E-state index contributed by atoms with van der Waals surface area (Å²) >= 11 is 0. The maximum Gasteiger partial charge on any atom is 0.334 e. The summed E-state index contributed by atoms with van der Waals surface area (Å²) in [7, 11) is -4.91. The lowest BCUT2D eigenvalue weighted by atomic mass is 10.3. The van der Waals surface area contributed by atoms with Crippen molar-refractivity contribution in [3.63, 3.8) is 0 Å². The highest BCUT2D eigenvalue weighted by Gasteiger charge is 2.48. The number of halogens is 6. The molecule has 0 bridgehead atoms. The zero-order valence-electron chi connectivity index (χ0n) is 9.77. The first-order chi connectivity index (χ1) is 8.42. The molecule has 0 aliphatic heterocycles. The van der Waals surface area contributed by atoms with E-state index >= 15 is 0 Å². The Balaban J connectivity index is 5.15. The minimum absolute atomic E-state index is 0.368. The molecule has 0 aromatic heterocycles. The van der Waals surface area contributed by atoms with E-state index < -0.39 is 44.3 Å². The molecule has 0 amide bonds. The lowest BCUT2D eigenvalue weighted by molar-refractivity contribution is -0.109. The molecule has 0 fully saturated rings. The van der Waals surface area contributed by atoms with Crippen molar-refractivity contribution in [1.82, 2.24) is 0 Å². The maximum atomic E-state index is 13.4. The Bertz CT molecular complexity index is 383. The van der Waals surface area contributed by atoms with E-state index in [9.17, 15) is 30.9 Å². The third-order valence-corrected chi connectivity index (χ3v) is 3.02. The summed E-state index contributed by atoms with van der Waals surface area (Å²) in [4.78, 5) is 0. The summed E-state index contributed by atoms with van der Waals surface area (Å²) < 4.78 is 95.5. The fourth-order valence-electron chi connectivity index (χ4n) is 0.837. The molecule has 0 aromatic carbocycles. The highest BCUT2D eigenvalue weighted by Crippen LogP contribution is 2.54. The van der Waals surface area contributed by atoms with E-state index in [-0.39, 0.29) is 0 Å². The first-order valence-electron chi connectivity index (χ1n) is 4.61. The van der Waals surface area contributed by atoms with E-state index in [1.165, 1.54) is 0 Å². The maximum absolute atomic E-state index is 13.4. The molecule has 0 heterocycles. The third-order valence-electron chi connectivity index (χ3n) is 1.77. The Hall–Kier alpha value is -0.790. The van der Waals surface area contributed by atoms with Gasteiger partial charge in [0.25, 0.3) is 11.7 Å². The van der Waals surface area contributed by atoms with Crippen molar-refractivity contribution in [2.24, 2.45) is 0 Å². The van der Waals surface area contributed by atoms with Crippen LogP contribution in [0, 0.1) is 0 Å². The van der Waals surface area contributed by atoms with Gasteiger partial charge in [0.2, 0.25) is 0 Å². The van der Waals surface area contributed by atoms with E-state index in [4.69, 9.17) is 0 Å². The van der Waals surface area contributed by atoms with Crippen LogP contribution in [0.5, 0.6) is 0 Å². The lowest BCUT2D eigenvalue weighted by Crippen LogP contribution is -2.33. The second kappa shape index (κ2) is 6.11. The van der Waals surface area contributed by atoms with Crippen molar-refractivity contribution in [3.05, 3.63) is 24.8 Å². The number of alkyl halides is 4. The zero-order chi connectivity index (χ0) is 15.5. The lowest BCUT2D eigenvalue weighted by Gasteiger charge is -2.28. The van der Waals surface area contributed by atoms with Crippen molar-refractivity contribution in [3.8, 4) is 0 Å². The molecular formula is C9H11F6O3P. The van der Waals surface area contributed by atoms with Gasteiger partial charge in [0.1, 0.15) is 0 Å². The molecule has 0 aliphatic rings. The van der Waals surface area contributed by atoms with E-state index in [0.717, 1.165) is 0 Å². The normalized spacial score (nSPS) is 21.0. The molecule has 2 unspecified atom stereocenters. The van der Waals surface area contributed by atoms with Crippen molar-refractivity contribution >= 4 is 7.60 Å². The van der Waals surface area contributed by atoms with E-state index in [0.29, 0.717) is 6.66 Å². The van der Waals surface area contributed by atoms with Crippen LogP contribution in [0.3, 0.4) is 0 Å². The van der Waals surface area contributed by atoms with Crippen LogP contribution < -0.4 is 0 Å². The van der Waals surface area contributed by atoms with E-state index in [1.54, 1.807) is 0 Å². The van der Waals surface area contributed by atoms with Crippen LogP contribution in [-0.2, 0) is 13.6 Å². The Morgan fingerprint density at radius 3 is 1.47 bits per heavy atom. The van der Waals surface area contributed by atoms with Crippen molar-refractivity contribution < 1.29 is 40.0 Å².